The summed E-state index contributed by atoms with van der Waals surface area (Å²) < 4.78 is 5.00. The fourth-order valence-electron chi connectivity index (χ4n) is 1.88. The second-order valence-corrected chi connectivity index (χ2v) is 5.87. The van der Waals surface area contributed by atoms with Gasteiger partial charge in [-0.1, -0.05) is 24.3 Å². The Morgan fingerprint density at radius 3 is 2.96 bits per heavy atom. The summed E-state index contributed by atoms with van der Waals surface area (Å²) in [6.07, 6.45) is 3.14. The molecule has 7 nitrogen and oxygen atoms in total. The SMILES string of the molecule is CCCc1nnc(NC(=O)/C(C#N)=C\c2ccc(O)c(OC)c2)s1. The molecule has 2 aromatic rings. The van der Waals surface area contributed by atoms with Crippen LogP contribution in [0.25, 0.3) is 6.08 Å². The third-order valence-corrected chi connectivity index (χ3v) is 3.93. The Morgan fingerprint density at radius 2 is 2.29 bits per heavy atom. The molecule has 0 spiro atoms. The van der Waals surface area contributed by atoms with E-state index < -0.39 is 5.91 Å². The number of aromatic nitrogens is 2. The van der Waals surface area contributed by atoms with Gasteiger partial charge in [-0.2, -0.15) is 5.26 Å². The molecule has 1 aromatic heterocycles. The topological polar surface area (TPSA) is 108 Å². The average molecular weight is 344 g/mol. The van der Waals surface area contributed by atoms with Gasteiger partial charge in [-0.3, -0.25) is 10.1 Å². The Labute approximate surface area is 143 Å². The monoisotopic (exact) mass is 344 g/mol. The van der Waals surface area contributed by atoms with Crippen molar-refractivity contribution in [2.75, 3.05) is 12.4 Å². The molecule has 0 aliphatic rings. The minimum atomic E-state index is -0.566. The summed E-state index contributed by atoms with van der Waals surface area (Å²) in [7, 11) is 1.42. The van der Waals surface area contributed by atoms with Gasteiger partial charge in [0.15, 0.2) is 11.5 Å². The highest BCUT2D eigenvalue weighted by atomic mass is 32.1. The zero-order valence-electron chi connectivity index (χ0n) is 13.2. The van der Waals surface area contributed by atoms with E-state index in [1.54, 1.807) is 6.07 Å². The molecule has 124 valence electrons. The zero-order chi connectivity index (χ0) is 17.5. The molecule has 0 atom stereocenters. The highest BCUT2D eigenvalue weighted by Crippen LogP contribution is 2.27. The van der Waals surface area contributed by atoms with Crippen molar-refractivity contribution in [3.8, 4) is 17.6 Å². The molecule has 0 radical (unpaired) electrons. The smallest absolute Gasteiger partial charge is 0.268 e. The Morgan fingerprint density at radius 1 is 1.50 bits per heavy atom. The van der Waals surface area contributed by atoms with Crippen molar-refractivity contribution in [3.05, 3.63) is 34.3 Å². The number of carbonyl (C=O) groups is 1. The summed E-state index contributed by atoms with van der Waals surface area (Å²) >= 11 is 1.28. The largest absolute Gasteiger partial charge is 0.504 e. The van der Waals surface area contributed by atoms with Gasteiger partial charge in [0.05, 0.1) is 7.11 Å². The summed E-state index contributed by atoms with van der Waals surface area (Å²) in [6, 6.07) is 6.39. The van der Waals surface area contributed by atoms with E-state index in [0.29, 0.717) is 10.7 Å². The molecule has 8 heteroatoms. The lowest BCUT2D eigenvalue weighted by atomic mass is 10.1. The maximum Gasteiger partial charge on any atom is 0.268 e. The number of methoxy groups -OCH3 is 1. The Hall–Kier alpha value is -2.92. The predicted octanol–water partition coefficient (Wildman–Crippen LogP) is 2.75. The quantitative estimate of drug-likeness (QED) is 0.616. The van der Waals surface area contributed by atoms with Gasteiger partial charge in [0, 0.05) is 6.42 Å². The lowest BCUT2D eigenvalue weighted by Gasteiger charge is -2.04. The lowest BCUT2D eigenvalue weighted by molar-refractivity contribution is -0.112. The molecule has 0 unspecified atom stereocenters. The van der Waals surface area contributed by atoms with Gasteiger partial charge < -0.3 is 9.84 Å². The van der Waals surface area contributed by atoms with Crippen LogP contribution in [0.3, 0.4) is 0 Å². The number of rotatable bonds is 6. The molecule has 24 heavy (non-hydrogen) atoms. The zero-order valence-corrected chi connectivity index (χ0v) is 14.1. The molecule has 0 saturated carbocycles. The molecule has 1 amide bonds. The predicted molar refractivity (Wildman–Crippen MR) is 90.8 cm³/mol. The van der Waals surface area contributed by atoms with Crippen molar-refractivity contribution in [1.29, 1.82) is 5.26 Å². The van der Waals surface area contributed by atoms with E-state index in [1.807, 2.05) is 13.0 Å². The first kappa shape index (κ1) is 17.4. The van der Waals surface area contributed by atoms with Gasteiger partial charge in [0.1, 0.15) is 16.6 Å². The first-order chi connectivity index (χ1) is 11.6. The van der Waals surface area contributed by atoms with Gasteiger partial charge in [-0.15, -0.1) is 10.2 Å². The Bertz CT molecular complexity index is 808. The normalized spacial score (nSPS) is 11.0. The summed E-state index contributed by atoms with van der Waals surface area (Å²) in [5, 5.41) is 30.4. The van der Waals surface area contributed by atoms with Crippen molar-refractivity contribution >= 4 is 28.5 Å². The van der Waals surface area contributed by atoms with E-state index in [-0.39, 0.29) is 17.1 Å². The van der Waals surface area contributed by atoms with Crippen LogP contribution in [0.15, 0.2) is 23.8 Å². The van der Waals surface area contributed by atoms with Crippen molar-refractivity contribution in [2.45, 2.75) is 19.8 Å². The van der Waals surface area contributed by atoms with Crippen LogP contribution in [0.4, 0.5) is 5.13 Å². The number of phenols is 1. The first-order valence-corrected chi connectivity index (χ1v) is 8.01. The summed E-state index contributed by atoms with van der Waals surface area (Å²) in [4.78, 5) is 12.2. The maximum absolute atomic E-state index is 12.2. The maximum atomic E-state index is 12.2. The van der Waals surface area contributed by atoms with Gasteiger partial charge >= 0.3 is 0 Å². The van der Waals surface area contributed by atoms with Crippen LogP contribution in [0, 0.1) is 11.3 Å². The molecule has 0 aliphatic heterocycles. The second-order valence-electron chi connectivity index (χ2n) is 4.81. The number of ether oxygens (including phenoxy) is 1. The molecule has 1 heterocycles. The number of hydrogen-bond acceptors (Lipinski definition) is 7. The number of carbonyl (C=O) groups excluding carboxylic acids is 1. The minimum absolute atomic E-state index is 0.0186. The van der Waals surface area contributed by atoms with Crippen LogP contribution in [-0.4, -0.2) is 28.3 Å². The molecule has 0 fully saturated rings. The number of aromatic hydroxyl groups is 1. The molecule has 0 aliphatic carbocycles. The molecule has 2 rings (SSSR count). The third-order valence-electron chi connectivity index (χ3n) is 3.03. The highest BCUT2D eigenvalue weighted by Gasteiger charge is 2.13. The van der Waals surface area contributed by atoms with E-state index in [1.165, 1.54) is 36.7 Å². The van der Waals surface area contributed by atoms with Crippen LogP contribution in [0.5, 0.6) is 11.5 Å². The number of nitrogens with zero attached hydrogens (tertiary/aromatic N) is 3. The number of nitrogens with one attached hydrogen (secondary N) is 1. The van der Waals surface area contributed by atoms with E-state index in [9.17, 15) is 15.2 Å². The third kappa shape index (κ3) is 4.30. The van der Waals surface area contributed by atoms with Crippen LogP contribution >= 0.6 is 11.3 Å². The first-order valence-electron chi connectivity index (χ1n) is 7.20. The number of aryl methyl sites for hydroxylation is 1. The molecule has 0 bridgehead atoms. The van der Waals surface area contributed by atoms with E-state index in [2.05, 4.69) is 15.5 Å². The molecular weight excluding hydrogens is 328 g/mol. The fourth-order valence-corrected chi connectivity index (χ4v) is 2.72. The van der Waals surface area contributed by atoms with Gasteiger partial charge in [0.2, 0.25) is 5.13 Å². The number of anilines is 1. The Kier molecular flexibility index (Phi) is 5.87. The summed E-state index contributed by atoms with van der Waals surface area (Å²) in [6.45, 7) is 2.03. The average Bonchev–Trinajstić information content (AvgIpc) is 3.01. The van der Waals surface area contributed by atoms with Gasteiger partial charge in [0.25, 0.3) is 5.91 Å². The second kappa shape index (κ2) is 8.08. The van der Waals surface area contributed by atoms with Crippen LogP contribution in [0.1, 0.15) is 23.9 Å². The minimum Gasteiger partial charge on any atom is -0.504 e. The van der Waals surface area contributed by atoms with Gasteiger partial charge in [-0.25, -0.2) is 0 Å². The van der Waals surface area contributed by atoms with E-state index >= 15 is 0 Å². The summed E-state index contributed by atoms with van der Waals surface area (Å²) in [5.74, 6) is -0.326. The lowest BCUT2D eigenvalue weighted by Crippen LogP contribution is -2.13. The standard InChI is InChI=1S/C16H16N4O3S/c1-3-4-14-19-20-16(24-14)18-15(22)11(9-17)7-10-5-6-12(21)13(8-10)23-2/h5-8,21H,3-4H2,1-2H3,(H,18,20,22)/b11-7-. The van der Waals surface area contributed by atoms with Gasteiger partial charge in [-0.05, 0) is 30.2 Å². The molecule has 0 saturated heterocycles. The van der Waals surface area contributed by atoms with Crippen LogP contribution in [-0.2, 0) is 11.2 Å². The van der Waals surface area contributed by atoms with Crippen molar-refractivity contribution in [2.24, 2.45) is 0 Å². The Balaban J connectivity index is 2.17. The molecule has 2 N–H and O–H groups in total. The van der Waals surface area contributed by atoms with E-state index in [4.69, 9.17) is 4.74 Å². The number of hydrogen-bond donors (Lipinski definition) is 2. The van der Waals surface area contributed by atoms with Crippen molar-refractivity contribution < 1.29 is 14.6 Å². The fraction of sp³-hybridized carbons (Fsp3) is 0.250. The van der Waals surface area contributed by atoms with Crippen molar-refractivity contribution in [3.63, 3.8) is 0 Å². The molecular formula is C16H16N4O3S. The van der Waals surface area contributed by atoms with Crippen LogP contribution < -0.4 is 10.1 Å². The highest BCUT2D eigenvalue weighted by molar-refractivity contribution is 7.15. The van der Waals surface area contributed by atoms with Crippen molar-refractivity contribution in [1.82, 2.24) is 10.2 Å². The van der Waals surface area contributed by atoms with Crippen LogP contribution in [0.2, 0.25) is 0 Å². The number of benzene rings is 1. The number of amides is 1. The number of nitriles is 1. The number of phenolic OH excluding ortho intramolecular Hbond substituents is 1. The van der Waals surface area contributed by atoms with E-state index in [0.717, 1.165) is 17.8 Å². The molecule has 1 aromatic carbocycles. The summed E-state index contributed by atoms with van der Waals surface area (Å²) in [5.41, 5.74) is 0.468.